The Morgan fingerprint density at radius 3 is 1.83 bits per heavy atom. The fraction of sp³-hybridized carbons (Fsp3) is 0.647. The van der Waals surface area contributed by atoms with E-state index in [-0.39, 0.29) is 32.1 Å². The zero-order chi connectivity index (χ0) is 17.5. The molecule has 0 fully saturated rings. The SMILES string of the molecule is CC1=CC=C(C(C2CC=C(C)CC2)(C(F)(F)F)C(F)(F)F)CC1. The fourth-order valence-corrected chi connectivity index (χ4v) is 3.68. The lowest BCUT2D eigenvalue weighted by Gasteiger charge is -2.46. The first-order valence-corrected chi connectivity index (χ1v) is 7.66. The molecule has 0 aromatic heterocycles. The van der Waals surface area contributed by atoms with E-state index in [2.05, 4.69) is 0 Å². The van der Waals surface area contributed by atoms with Crippen LogP contribution in [0, 0.1) is 11.3 Å². The quantitative estimate of drug-likeness (QED) is 0.398. The second kappa shape index (κ2) is 6.02. The van der Waals surface area contributed by atoms with Gasteiger partial charge in [-0.3, -0.25) is 0 Å². The molecule has 6 heteroatoms. The largest absolute Gasteiger partial charge is 0.407 e. The predicted molar refractivity (Wildman–Crippen MR) is 76.7 cm³/mol. The van der Waals surface area contributed by atoms with Gasteiger partial charge in [-0.15, -0.1) is 0 Å². The standard InChI is InChI=1S/C17H20F6/c1-11-3-7-13(8-4-11)15(16(18,19)20,17(21,22)23)14-9-5-12(2)6-10-14/h3,5,7,14H,4,6,8-10H2,1-2H3. The Labute approximate surface area is 131 Å². The average molecular weight is 338 g/mol. The summed E-state index contributed by atoms with van der Waals surface area (Å²) in [6, 6.07) is 0. The second-order valence-electron chi connectivity index (χ2n) is 6.53. The van der Waals surface area contributed by atoms with E-state index in [4.69, 9.17) is 0 Å². The van der Waals surface area contributed by atoms with Crippen molar-refractivity contribution < 1.29 is 26.3 Å². The van der Waals surface area contributed by atoms with Crippen molar-refractivity contribution in [1.82, 2.24) is 0 Å². The highest BCUT2D eigenvalue weighted by molar-refractivity contribution is 5.33. The van der Waals surface area contributed by atoms with Crippen molar-refractivity contribution in [2.75, 3.05) is 0 Å². The fourth-order valence-electron chi connectivity index (χ4n) is 3.68. The summed E-state index contributed by atoms with van der Waals surface area (Å²) >= 11 is 0. The number of rotatable bonds is 2. The van der Waals surface area contributed by atoms with Gasteiger partial charge in [0, 0.05) is 0 Å². The van der Waals surface area contributed by atoms with Crippen molar-refractivity contribution in [3.05, 3.63) is 34.9 Å². The molecule has 0 aliphatic heterocycles. The molecule has 0 saturated heterocycles. The van der Waals surface area contributed by atoms with Crippen LogP contribution < -0.4 is 0 Å². The first-order chi connectivity index (χ1) is 10.5. The van der Waals surface area contributed by atoms with Gasteiger partial charge in [-0.25, -0.2) is 0 Å². The summed E-state index contributed by atoms with van der Waals surface area (Å²) in [5, 5.41) is 0. The van der Waals surface area contributed by atoms with Gasteiger partial charge >= 0.3 is 12.4 Å². The lowest BCUT2D eigenvalue weighted by atomic mass is 9.62. The van der Waals surface area contributed by atoms with E-state index in [9.17, 15) is 26.3 Å². The summed E-state index contributed by atoms with van der Waals surface area (Å²) in [4.78, 5) is 0. The minimum absolute atomic E-state index is 0.0958. The summed E-state index contributed by atoms with van der Waals surface area (Å²) < 4.78 is 83.0. The van der Waals surface area contributed by atoms with Crippen molar-refractivity contribution in [1.29, 1.82) is 0 Å². The van der Waals surface area contributed by atoms with Crippen LogP contribution in [-0.2, 0) is 0 Å². The molecule has 0 heterocycles. The minimum atomic E-state index is -5.36. The molecular formula is C17H20F6. The number of alkyl halides is 6. The molecule has 2 aliphatic rings. The van der Waals surface area contributed by atoms with Crippen molar-refractivity contribution in [3.8, 4) is 0 Å². The maximum atomic E-state index is 13.8. The summed E-state index contributed by atoms with van der Waals surface area (Å²) in [5.41, 5.74) is -2.63. The molecule has 0 bridgehead atoms. The van der Waals surface area contributed by atoms with Gasteiger partial charge in [0.1, 0.15) is 0 Å². The highest BCUT2D eigenvalue weighted by Crippen LogP contribution is 2.63. The lowest BCUT2D eigenvalue weighted by Crippen LogP contribution is -2.56. The number of halogens is 6. The minimum Gasteiger partial charge on any atom is -0.170 e. The van der Waals surface area contributed by atoms with Gasteiger partial charge in [0.25, 0.3) is 0 Å². The molecule has 0 radical (unpaired) electrons. The Bertz CT molecular complexity index is 530. The molecule has 2 aliphatic carbocycles. The number of hydrogen-bond donors (Lipinski definition) is 0. The van der Waals surface area contributed by atoms with E-state index < -0.39 is 29.3 Å². The normalized spacial score (nSPS) is 24.0. The molecule has 0 spiro atoms. The Morgan fingerprint density at radius 2 is 1.43 bits per heavy atom. The van der Waals surface area contributed by atoms with Crippen LogP contribution in [0.4, 0.5) is 26.3 Å². The van der Waals surface area contributed by atoms with Gasteiger partial charge in [0.05, 0.1) is 0 Å². The van der Waals surface area contributed by atoms with Crippen LogP contribution in [0.5, 0.6) is 0 Å². The van der Waals surface area contributed by atoms with Gasteiger partial charge in [-0.2, -0.15) is 26.3 Å². The van der Waals surface area contributed by atoms with Crippen LogP contribution in [-0.4, -0.2) is 12.4 Å². The van der Waals surface area contributed by atoms with Gasteiger partial charge in [0.15, 0.2) is 5.41 Å². The maximum Gasteiger partial charge on any atom is 0.407 e. The van der Waals surface area contributed by atoms with Crippen LogP contribution in [0.25, 0.3) is 0 Å². The number of hydrogen-bond acceptors (Lipinski definition) is 0. The maximum absolute atomic E-state index is 13.8. The van der Waals surface area contributed by atoms with E-state index in [1.807, 2.05) is 0 Å². The summed E-state index contributed by atoms with van der Waals surface area (Å²) in [7, 11) is 0. The summed E-state index contributed by atoms with van der Waals surface area (Å²) in [6.45, 7) is 3.45. The zero-order valence-corrected chi connectivity index (χ0v) is 13.1. The third-order valence-corrected chi connectivity index (χ3v) is 5.01. The zero-order valence-electron chi connectivity index (χ0n) is 13.1. The van der Waals surface area contributed by atoms with Crippen LogP contribution >= 0.6 is 0 Å². The topological polar surface area (TPSA) is 0 Å². The monoisotopic (exact) mass is 338 g/mol. The molecule has 0 aromatic carbocycles. The first-order valence-electron chi connectivity index (χ1n) is 7.66. The van der Waals surface area contributed by atoms with Crippen molar-refractivity contribution in [2.24, 2.45) is 11.3 Å². The van der Waals surface area contributed by atoms with E-state index >= 15 is 0 Å². The molecule has 0 N–H and O–H groups in total. The van der Waals surface area contributed by atoms with Crippen LogP contribution in [0.15, 0.2) is 34.9 Å². The number of allylic oxidation sites excluding steroid dienone is 6. The van der Waals surface area contributed by atoms with Crippen LogP contribution in [0.2, 0.25) is 0 Å². The van der Waals surface area contributed by atoms with Crippen LogP contribution in [0.3, 0.4) is 0 Å². The molecule has 0 nitrogen and oxygen atoms in total. The summed E-state index contributed by atoms with van der Waals surface area (Å²) in [6.07, 6.45) is -6.74. The Morgan fingerprint density at radius 1 is 0.826 bits per heavy atom. The first kappa shape index (κ1) is 18.1. The molecule has 0 aromatic rings. The molecule has 23 heavy (non-hydrogen) atoms. The molecule has 1 unspecified atom stereocenters. The Balaban J connectivity index is 2.62. The Kier molecular flexibility index (Phi) is 4.75. The van der Waals surface area contributed by atoms with Gasteiger partial charge in [0.2, 0.25) is 0 Å². The van der Waals surface area contributed by atoms with E-state index in [0.717, 1.165) is 17.2 Å². The molecular weight excluding hydrogens is 318 g/mol. The predicted octanol–water partition coefficient (Wildman–Crippen LogP) is 6.51. The van der Waals surface area contributed by atoms with E-state index in [1.54, 1.807) is 13.8 Å². The average Bonchev–Trinajstić information content (AvgIpc) is 2.40. The highest BCUT2D eigenvalue weighted by atomic mass is 19.4. The van der Waals surface area contributed by atoms with Gasteiger partial charge in [-0.05, 0) is 57.4 Å². The lowest BCUT2D eigenvalue weighted by molar-refractivity contribution is -0.344. The van der Waals surface area contributed by atoms with Gasteiger partial charge < -0.3 is 0 Å². The van der Waals surface area contributed by atoms with Crippen molar-refractivity contribution in [3.63, 3.8) is 0 Å². The molecule has 0 amide bonds. The van der Waals surface area contributed by atoms with E-state index in [1.165, 1.54) is 12.2 Å². The van der Waals surface area contributed by atoms with Crippen molar-refractivity contribution in [2.45, 2.75) is 58.3 Å². The van der Waals surface area contributed by atoms with Gasteiger partial charge in [-0.1, -0.05) is 29.4 Å². The van der Waals surface area contributed by atoms with Crippen LogP contribution in [0.1, 0.15) is 46.0 Å². The molecule has 2 rings (SSSR count). The molecule has 0 saturated carbocycles. The van der Waals surface area contributed by atoms with E-state index in [0.29, 0.717) is 0 Å². The Hall–Kier alpha value is -1.20. The third-order valence-electron chi connectivity index (χ3n) is 5.01. The third kappa shape index (κ3) is 3.09. The van der Waals surface area contributed by atoms with Crippen molar-refractivity contribution >= 4 is 0 Å². The highest BCUT2D eigenvalue weighted by Gasteiger charge is 2.74. The summed E-state index contributed by atoms with van der Waals surface area (Å²) in [5.74, 6) is -1.50. The molecule has 130 valence electrons. The smallest absolute Gasteiger partial charge is 0.170 e. The second-order valence-corrected chi connectivity index (χ2v) is 6.53. The molecule has 1 atom stereocenters.